The Morgan fingerprint density at radius 3 is 2.78 bits per heavy atom. The van der Waals surface area contributed by atoms with Crippen molar-refractivity contribution in [1.29, 1.82) is 0 Å². The van der Waals surface area contributed by atoms with Crippen LogP contribution in [0.4, 0.5) is 0 Å². The van der Waals surface area contributed by atoms with Crippen molar-refractivity contribution in [3.05, 3.63) is 60.3 Å². The standard InChI is InChI=1S/C21H22N2O4/c1-14(13-25-2)23-20(24)17-9-4-5-10-18(17)21-22-12-19(27-21)15-7-6-8-16(11-15)26-3/h4-12,14H,13H2,1-3H3,(H,23,24)/t14-/m0/s1. The Hall–Kier alpha value is -3.12. The Bertz CT molecular complexity index is 920. The lowest BCUT2D eigenvalue weighted by Crippen LogP contribution is -2.35. The van der Waals surface area contributed by atoms with Crippen molar-refractivity contribution in [2.45, 2.75) is 13.0 Å². The first kappa shape index (κ1) is 18.7. The van der Waals surface area contributed by atoms with Crippen LogP contribution in [0, 0.1) is 0 Å². The molecule has 3 aromatic rings. The van der Waals surface area contributed by atoms with Crippen molar-refractivity contribution in [3.63, 3.8) is 0 Å². The first-order chi connectivity index (χ1) is 13.1. The Labute approximate surface area is 158 Å². The van der Waals surface area contributed by atoms with Gasteiger partial charge in [-0.2, -0.15) is 0 Å². The molecule has 0 radical (unpaired) electrons. The second kappa shape index (κ2) is 8.51. The number of hydrogen-bond acceptors (Lipinski definition) is 5. The van der Waals surface area contributed by atoms with Crippen LogP contribution in [0.2, 0.25) is 0 Å². The molecule has 1 atom stereocenters. The highest BCUT2D eigenvalue weighted by Gasteiger charge is 2.18. The van der Waals surface area contributed by atoms with Crippen LogP contribution in [0.25, 0.3) is 22.8 Å². The summed E-state index contributed by atoms with van der Waals surface area (Å²) in [7, 11) is 3.22. The third kappa shape index (κ3) is 4.35. The monoisotopic (exact) mass is 366 g/mol. The number of ether oxygens (including phenoxy) is 2. The summed E-state index contributed by atoms with van der Waals surface area (Å²) in [5.41, 5.74) is 1.98. The molecule has 1 amide bonds. The summed E-state index contributed by atoms with van der Waals surface area (Å²) in [6.07, 6.45) is 1.65. The minimum absolute atomic E-state index is 0.104. The molecule has 0 fully saturated rings. The molecule has 3 rings (SSSR count). The Morgan fingerprint density at radius 2 is 2.00 bits per heavy atom. The van der Waals surface area contributed by atoms with Gasteiger partial charge in [0.15, 0.2) is 5.76 Å². The zero-order valence-electron chi connectivity index (χ0n) is 15.6. The molecule has 1 heterocycles. The minimum Gasteiger partial charge on any atom is -0.497 e. The van der Waals surface area contributed by atoms with Gasteiger partial charge in [-0.05, 0) is 31.2 Å². The summed E-state index contributed by atoms with van der Waals surface area (Å²) in [6.45, 7) is 2.32. The summed E-state index contributed by atoms with van der Waals surface area (Å²) in [5, 5.41) is 2.91. The number of nitrogens with zero attached hydrogens (tertiary/aromatic N) is 1. The van der Waals surface area contributed by atoms with Crippen molar-refractivity contribution >= 4 is 5.91 Å². The van der Waals surface area contributed by atoms with Crippen LogP contribution < -0.4 is 10.1 Å². The maximum absolute atomic E-state index is 12.6. The van der Waals surface area contributed by atoms with Crippen LogP contribution in [-0.4, -0.2) is 37.8 Å². The number of aromatic nitrogens is 1. The van der Waals surface area contributed by atoms with Crippen LogP contribution in [0.5, 0.6) is 5.75 Å². The van der Waals surface area contributed by atoms with E-state index in [-0.39, 0.29) is 11.9 Å². The fourth-order valence-electron chi connectivity index (χ4n) is 2.77. The fraction of sp³-hybridized carbons (Fsp3) is 0.238. The highest BCUT2D eigenvalue weighted by molar-refractivity contribution is 6.00. The van der Waals surface area contributed by atoms with E-state index in [2.05, 4.69) is 10.3 Å². The van der Waals surface area contributed by atoms with E-state index in [0.29, 0.717) is 29.4 Å². The van der Waals surface area contributed by atoms with E-state index in [0.717, 1.165) is 11.3 Å². The molecule has 1 N–H and O–H groups in total. The smallest absolute Gasteiger partial charge is 0.252 e. The quantitative estimate of drug-likeness (QED) is 0.689. The van der Waals surface area contributed by atoms with E-state index >= 15 is 0 Å². The van der Waals surface area contributed by atoms with Crippen molar-refractivity contribution in [1.82, 2.24) is 10.3 Å². The van der Waals surface area contributed by atoms with E-state index in [1.165, 1.54) is 0 Å². The molecule has 0 spiro atoms. The van der Waals surface area contributed by atoms with E-state index in [9.17, 15) is 4.79 Å². The molecule has 0 aliphatic carbocycles. The maximum atomic E-state index is 12.6. The van der Waals surface area contributed by atoms with Crippen LogP contribution >= 0.6 is 0 Å². The van der Waals surface area contributed by atoms with Crippen LogP contribution in [0.15, 0.2) is 59.1 Å². The Kier molecular flexibility index (Phi) is 5.88. The van der Waals surface area contributed by atoms with Crippen molar-refractivity contribution in [2.24, 2.45) is 0 Å². The number of carbonyl (C=O) groups is 1. The van der Waals surface area contributed by atoms with Gasteiger partial charge in [0, 0.05) is 24.3 Å². The molecular formula is C21H22N2O4. The molecular weight excluding hydrogens is 344 g/mol. The van der Waals surface area contributed by atoms with Gasteiger partial charge >= 0.3 is 0 Å². The molecule has 0 aliphatic rings. The number of hydrogen-bond donors (Lipinski definition) is 1. The van der Waals surface area contributed by atoms with Gasteiger partial charge in [-0.25, -0.2) is 4.98 Å². The largest absolute Gasteiger partial charge is 0.497 e. The Morgan fingerprint density at radius 1 is 1.19 bits per heavy atom. The molecule has 27 heavy (non-hydrogen) atoms. The third-order valence-corrected chi connectivity index (χ3v) is 4.06. The van der Waals surface area contributed by atoms with Gasteiger partial charge in [-0.3, -0.25) is 4.79 Å². The number of methoxy groups -OCH3 is 2. The van der Waals surface area contributed by atoms with Gasteiger partial charge in [0.2, 0.25) is 5.89 Å². The lowest BCUT2D eigenvalue weighted by Gasteiger charge is -2.14. The van der Waals surface area contributed by atoms with Gasteiger partial charge in [0.1, 0.15) is 5.75 Å². The average Bonchev–Trinajstić information content (AvgIpc) is 3.18. The summed E-state index contributed by atoms with van der Waals surface area (Å²) in [4.78, 5) is 17.0. The molecule has 0 unspecified atom stereocenters. The fourth-order valence-corrected chi connectivity index (χ4v) is 2.77. The highest BCUT2D eigenvalue weighted by Crippen LogP contribution is 2.29. The SMILES string of the molecule is COC[C@H](C)NC(=O)c1ccccc1-c1ncc(-c2cccc(OC)c2)o1. The predicted octanol–water partition coefficient (Wildman–Crippen LogP) is 3.78. The van der Waals surface area contributed by atoms with E-state index < -0.39 is 0 Å². The van der Waals surface area contributed by atoms with E-state index in [1.54, 1.807) is 26.5 Å². The topological polar surface area (TPSA) is 73.6 Å². The molecule has 0 aliphatic heterocycles. The molecule has 0 saturated carbocycles. The predicted molar refractivity (Wildman–Crippen MR) is 103 cm³/mol. The molecule has 1 aromatic heterocycles. The van der Waals surface area contributed by atoms with Gasteiger partial charge < -0.3 is 19.2 Å². The first-order valence-corrected chi connectivity index (χ1v) is 8.62. The van der Waals surface area contributed by atoms with Crippen molar-refractivity contribution in [3.8, 4) is 28.5 Å². The summed E-state index contributed by atoms with van der Waals surface area (Å²) < 4.78 is 16.2. The van der Waals surface area contributed by atoms with Crippen LogP contribution in [0.3, 0.4) is 0 Å². The Balaban J connectivity index is 1.89. The second-order valence-corrected chi connectivity index (χ2v) is 6.14. The number of rotatable bonds is 7. The normalized spacial score (nSPS) is 11.8. The summed E-state index contributed by atoms with van der Waals surface area (Å²) in [6, 6.07) is 14.7. The molecule has 6 heteroatoms. The maximum Gasteiger partial charge on any atom is 0.252 e. The molecule has 2 aromatic carbocycles. The molecule has 0 bridgehead atoms. The van der Waals surface area contributed by atoms with E-state index in [1.807, 2.05) is 49.4 Å². The highest BCUT2D eigenvalue weighted by atomic mass is 16.5. The average molecular weight is 366 g/mol. The van der Waals surface area contributed by atoms with Gasteiger partial charge in [-0.15, -0.1) is 0 Å². The number of nitrogens with one attached hydrogen (secondary N) is 1. The number of oxazole rings is 1. The first-order valence-electron chi connectivity index (χ1n) is 8.62. The zero-order chi connectivity index (χ0) is 19.2. The number of amides is 1. The zero-order valence-corrected chi connectivity index (χ0v) is 15.6. The van der Waals surface area contributed by atoms with Gasteiger partial charge in [-0.1, -0.05) is 24.3 Å². The lowest BCUT2D eigenvalue weighted by molar-refractivity contribution is 0.0906. The molecule has 6 nitrogen and oxygen atoms in total. The number of benzene rings is 2. The van der Waals surface area contributed by atoms with E-state index in [4.69, 9.17) is 13.9 Å². The van der Waals surface area contributed by atoms with Gasteiger partial charge in [0.05, 0.1) is 25.5 Å². The lowest BCUT2D eigenvalue weighted by atomic mass is 10.1. The second-order valence-electron chi connectivity index (χ2n) is 6.14. The summed E-state index contributed by atoms with van der Waals surface area (Å²) in [5.74, 6) is 1.53. The molecule has 0 saturated heterocycles. The number of carbonyl (C=O) groups excluding carboxylic acids is 1. The van der Waals surface area contributed by atoms with Crippen LogP contribution in [-0.2, 0) is 4.74 Å². The van der Waals surface area contributed by atoms with Crippen molar-refractivity contribution < 1.29 is 18.7 Å². The van der Waals surface area contributed by atoms with Crippen LogP contribution in [0.1, 0.15) is 17.3 Å². The molecule has 140 valence electrons. The minimum atomic E-state index is -0.198. The third-order valence-electron chi connectivity index (χ3n) is 4.06. The van der Waals surface area contributed by atoms with Gasteiger partial charge in [0.25, 0.3) is 5.91 Å². The summed E-state index contributed by atoms with van der Waals surface area (Å²) >= 11 is 0. The van der Waals surface area contributed by atoms with Crippen molar-refractivity contribution in [2.75, 3.05) is 20.8 Å².